The quantitative estimate of drug-likeness (QED) is 0.316. The molecule has 0 aliphatic carbocycles. The van der Waals surface area contributed by atoms with Gasteiger partial charge in [0.1, 0.15) is 22.8 Å². The Morgan fingerprint density at radius 2 is 1.83 bits per heavy atom. The van der Waals surface area contributed by atoms with Crippen LogP contribution >= 0.6 is 0 Å². The summed E-state index contributed by atoms with van der Waals surface area (Å²) in [6, 6.07) is 8.22. The van der Waals surface area contributed by atoms with Gasteiger partial charge in [0.25, 0.3) is 5.91 Å². The van der Waals surface area contributed by atoms with Crippen LogP contribution in [0.2, 0.25) is 0 Å². The van der Waals surface area contributed by atoms with E-state index in [0.29, 0.717) is 37.6 Å². The first-order valence-corrected chi connectivity index (χ1v) is 14.7. The predicted molar refractivity (Wildman–Crippen MR) is 161 cm³/mol. The second-order valence-electron chi connectivity index (χ2n) is 12.5. The van der Waals surface area contributed by atoms with E-state index in [1.165, 1.54) is 5.56 Å². The number of benzene rings is 1. The Labute approximate surface area is 246 Å². The number of rotatable bonds is 3. The summed E-state index contributed by atoms with van der Waals surface area (Å²) >= 11 is 0. The van der Waals surface area contributed by atoms with Crippen LogP contribution in [-0.4, -0.2) is 60.4 Å². The van der Waals surface area contributed by atoms with E-state index in [2.05, 4.69) is 45.1 Å². The van der Waals surface area contributed by atoms with E-state index in [1.807, 2.05) is 49.9 Å². The van der Waals surface area contributed by atoms with Crippen molar-refractivity contribution in [2.75, 3.05) is 13.1 Å². The third-order valence-corrected chi connectivity index (χ3v) is 8.16. The van der Waals surface area contributed by atoms with Crippen LogP contribution in [0.1, 0.15) is 83.9 Å². The van der Waals surface area contributed by atoms with E-state index in [1.54, 1.807) is 13.0 Å². The van der Waals surface area contributed by atoms with Gasteiger partial charge < -0.3 is 19.5 Å². The second kappa shape index (κ2) is 10.5. The summed E-state index contributed by atoms with van der Waals surface area (Å²) in [5.41, 5.74) is 8.09. The van der Waals surface area contributed by atoms with Crippen molar-refractivity contribution >= 4 is 23.0 Å². The van der Waals surface area contributed by atoms with Crippen LogP contribution in [-0.2, 0) is 17.7 Å². The second-order valence-corrected chi connectivity index (χ2v) is 12.5. The van der Waals surface area contributed by atoms with Crippen LogP contribution in [0.25, 0.3) is 22.2 Å². The van der Waals surface area contributed by atoms with E-state index in [9.17, 15) is 9.59 Å². The first-order valence-electron chi connectivity index (χ1n) is 14.7. The SMILES string of the molecule is Cc1cc(C(=O)N2CCc3cc(-c4cnc5[nH]cc(C)c5c4)cc([C@@H]4CCCN4C(=O)OC(C)(C)C)c3C2)nc(C)n1. The summed E-state index contributed by atoms with van der Waals surface area (Å²) in [4.78, 5) is 47.4. The standard InChI is InChI=1S/C33H38N6O3/c1-19-16-34-30-25(19)15-24(17-35-30)23-13-22-9-11-38(31(40)28-12-20(2)36-21(3)37-28)18-27(22)26(14-23)29-8-7-10-39(29)32(41)42-33(4,5)6/h12-17,29H,7-11,18H2,1-6H3,(H,34,35)/t29-/m0/s1. The summed E-state index contributed by atoms with van der Waals surface area (Å²) in [5.74, 6) is 0.487. The number of carbonyl (C=O) groups is 2. The number of nitrogens with one attached hydrogen (secondary N) is 1. The molecule has 2 amide bonds. The lowest BCUT2D eigenvalue weighted by Gasteiger charge is -2.34. The molecule has 1 N–H and O–H groups in total. The zero-order chi connectivity index (χ0) is 29.8. The number of hydrogen-bond acceptors (Lipinski definition) is 6. The van der Waals surface area contributed by atoms with Crippen LogP contribution in [0.5, 0.6) is 0 Å². The van der Waals surface area contributed by atoms with Crippen molar-refractivity contribution in [1.82, 2.24) is 29.7 Å². The molecule has 9 heteroatoms. The molecule has 2 aliphatic heterocycles. The van der Waals surface area contributed by atoms with Crippen molar-refractivity contribution in [1.29, 1.82) is 0 Å². The summed E-state index contributed by atoms with van der Waals surface area (Å²) in [6.07, 6.45) is 6.02. The number of nitrogens with zero attached hydrogens (tertiary/aromatic N) is 5. The van der Waals surface area contributed by atoms with Gasteiger partial charge in [-0.1, -0.05) is 6.07 Å². The molecule has 1 aromatic carbocycles. The molecule has 0 spiro atoms. The molecule has 6 rings (SSSR count). The minimum atomic E-state index is -0.585. The zero-order valence-electron chi connectivity index (χ0n) is 25.2. The number of hydrogen-bond donors (Lipinski definition) is 1. The van der Waals surface area contributed by atoms with Crippen LogP contribution in [0.3, 0.4) is 0 Å². The monoisotopic (exact) mass is 566 g/mol. The molecule has 42 heavy (non-hydrogen) atoms. The Morgan fingerprint density at radius 3 is 2.60 bits per heavy atom. The number of aromatic amines is 1. The lowest BCUT2D eigenvalue weighted by Crippen LogP contribution is -2.39. The maximum absolute atomic E-state index is 13.6. The number of H-pyrrole nitrogens is 1. The number of aryl methyl sites for hydroxylation is 3. The molecule has 0 saturated carbocycles. The molecular formula is C33H38N6O3. The van der Waals surface area contributed by atoms with Crippen molar-refractivity contribution in [3.8, 4) is 11.1 Å². The van der Waals surface area contributed by atoms with Crippen molar-refractivity contribution in [2.45, 2.75) is 79.0 Å². The third kappa shape index (κ3) is 5.35. The lowest BCUT2D eigenvalue weighted by molar-refractivity contribution is 0.0222. The molecule has 0 radical (unpaired) electrons. The summed E-state index contributed by atoms with van der Waals surface area (Å²) in [5, 5.41) is 1.09. The van der Waals surface area contributed by atoms with Gasteiger partial charge >= 0.3 is 6.09 Å². The van der Waals surface area contributed by atoms with Gasteiger partial charge in [0.05, 0.1) is 6.04 Å². The van der Waals surface area contributed by atoms with Crippen LogP contribution < -0.4 is 0 Å². The van der Waals surface area contributed by atoms with Gasteiger partial charge in [-0.2, -0.15) is 0 Å². The van der Waals surface area contributed by atoms with Crippen LogP contribution in [0.4, 0.5) is 4.79 Å². The Kier molecular flexibility index (Phi) is 6.99. The van der Waals surface area contributed by atoms with Crippen molar-refractivity contribution in [3.05, 3.63) is 76.1 Å². The Morgan fingerprint density at radius 1 is 1.02 bits per heavy atom. The molecule has 9 nitrogen and oxygen atoms in total. The fourth-order valence-corrected chi connectivity index (χ4v) is 6.25. The van der Waals surface area contributed by atoms with Crippen LogP contribution in [0, 0.1) is 20.8 Å². The molecule has 1 saturated heterocycles. The zero-order valence-corrected chi connectivity index (χ0v) is 25.2. The van der Waals surface area contributed by atoms with Crippen molar-refractivity contribution in [3.63, 3.8) is 0 Å². The molecule has 4 aromatic rings. The van der Waals surface area contributed by atoms with E-state index in [0.717, 1.165) is 57.4 Å². The largest absolute Gasteiger partial charge is 0.444 e. The summed E-state index contributed by atoms with van der Waals surface area (Å²) in [6.45, 7) is 13.1. The molecule has 3 aromatic heterocycles. The minimum Gasteiger partial charge on any atom is -0.444 e. The smallest absolute Gasteiger partial charge is 0.410 e. The van der Waals surface area contributed by atoms with E-state index in [4.69, 9.17) is 4.74 Å². The Bertz CT molecular complexity index is 1680. The van der Waals surface area contributed by atoms with Crippen molar-refractivity contribution in [2.24, 2.45) is 0 Å². The fourth-order valence-electron chi connectivity index (χ4n) is 6.25. The molecular weight excluding hydrogens is 528 g/mol. The highest BCUT2D eigenvalue weighted by Gasteiger charge is 2.36. The molecule has 0 unspecified atom stereocenters. The first kappa shape index (κ1) is 27.9. The fraction of sp³-hybridized carbons (Fsp3) is 0.424. The first-order chi connectivity index (χ1) is 20.0. The number of likely N-dealkylation sites (tertiary alicyclic amines) is 1. The van der Waals surface area contributed by atoms with Gasteiger partial charge in [0, 0.05) is 48.7 Å². The molecule has 2 aliphatic rings. The highest BCUT2D eigenvalue weighted by molar-refractivity contribution is 5.92. The molecule has 5 heterocycles. The predicted octanol–water partition coefficient (Wildman–Crippen LogP) is 6.22. The maximum atomic E-state index is 13.6. The number of carbonyl (C=O) groups excluding carboxylic acids is 2. The highest BCUT2D eigenvalue weighted by Crippen LogP contribution is 2.40. The van der Waals surface area contributed by atoms with Crippen LogP contribution in [0.15, 0.2) is 36.7 Å². The number of pyridine rings is 1. The number of fused-ring (bicyclic) bond motifs is 2. The third-order valence-electron chi connectivity index (χ3n) is 8.16. The van der Waals surface area contributed by atoms with E-state index < -0.39 is 5.60 Å². The minimum absolute atomic E-state index is 0.0997. The normalized spacial score (nSPS) is 17.0. The number of ether oxygens (including phenoxy) is 1. The number of aromatic nitrogens is 4. The lowest BCUT2D eigenvalue weighted by atomic mass is 9.86. The molecule has 0 bridgehead atoms. The molecule has 1 atom stereocenters. The van der Waals surface area contributed by atoms with Crippen molar-refractivity contribution < 1.29 is 14.3 Å². The highest BCUT2D eigenvalue weighted by atomic mass is 16.6. The van der Waals surface area contributed by atoms with Gasteiger partial charge in [-0.25, -0.2) is 19.7 Å². The Hall–Kier alpha value is -4.27. The topological polar surface area (TPSA) is 104 Å². The average Bonchev–Trinajstić information content (AvgIpc) is 3.57. The average molecular weight is 567 g/mol. The van der Waals surface area contributed by atoms with Gasteiger partial charge in [-0.15, -0.1) is 0 Å². The van der Waals surface area contributed by atoms with Gasteiger partial charge in [-0.05, 0) is 107 Å². The van der Waals surface area contributed by atoms with E-state index in [-0.39, 0.29) is 18.0 Å². The summed E-state index contributed by atoms with van der Waals surface area (Å²) in [7, 11) is 0. The van der Waals surface area contributed by atoms with Gasteiger partial charge in [0.15, 0.2) is 0 Å². The summed E-state index contributed by atoms with van der Waals surface area (Å²) < 4.78 is 5.82. The Balaban J connectivity index is 1.42. The number of amides is 2. The van der Waals surface area contributed by atoms with Gasteiger partial charge in [-0.3, -0.25) is 4.79 Å². The maximum Gasteiger partial charge on any atom is 0.410 e. The van der Waals surface area contributed by atoms with Gasteiger partial charge in [0.2, 0.25) is 0 Å². The molecule has 218 valence electrons. The molecule has 1 fully saturated rings. The van der Waals surface area contributed by atoms with E-state index >= 15 is 0 Å².